The molecule has 0 atom stereocenters. The van der Waals surface area contributed by atoms with Crippen LogP contribution < -0.4 is 10.9 Å². The van der Waals surface area contributed by atoms with Gasteiger partial charge in [0, 0.05) is 15.7 Å². The first-order chi connectivity index (χ1) is 14.8. The van der Waals surface area contributed by atoms with Crippen molar-refractivity contribution in [3.8, 4) is 5.69 Å². The number of hydrogen-bond donors (Lipinski definition) is 1. The molecular formula is C21H14Cl2FN3O2S2. The second kappa shape index (κ2) is 9.00. The molecule has 158 valence electrons. The average molecular weight is 494 g/mol. The molecule has 0 fully saturated rings. The molecule has 0 aliphatic carbocycles. The quantitative estimate of drug-likeness (QED) is 0.276. The Kier molecular flexibility index (Phi) is 6.34. The molecule has 0 bridgehead atoms. The van der Waals surface area contributed by atoms with Gasteiger partial charge in [0.1, 0.15) is 10.5 Å². The van der Waals surface area contributed by atoms with E-state index >= 15 is 0 Å². The summed E-state index contributed by atoms with van der Waals surface area (Å²) in [7, 11) is 0. The van der Waals surface area contributed by atoms with Crippen LogP contribution in [0.25, 0.3) is 15.9 Å². The van der Waals surface area contributed by atoms with E-state index in [0.717, 1.165) is 11.8 Å². The zero-order chi connectivity index (χ0) is 22.1. The fraction of sp³-hybridized carbons (Fsp3) is 0.0952. The van der Waals surface area contributed by atoms with E-state index < -0.39 is 5.82 Å². The molecule has 0 aliphatic heterocycles. The number of carbonyl (C=O) groups excluding carboxylic acids is 1. The SMILES string of the molecule is Cc1cc(F)ccc1-n1c(SCC(=O)Nc2cc(Cl)cc(Cl)c2)nc2ccsc2c1=O. The highest BCUT2D eigenvalue weighted by atomic mass is 35.5. The van der Waals surface area contributed by atoms with Gasteiger partial charge in [0.2, 0.25) is 5.91 Å². The first kappa shape index (κ1) is 21.8. The number of rotatable bonds is 5. The Morgan fingerprint density at radius 1 is 1.19 bits per heavy atom. The Morgan fingerprint density at radius 2 is 1.94 bits per heavy atom. The Bertz CT molecular complexity index is 1350. The van der Waals surface area contributed by atoms with Gasteiger partial charge in [-0.3, -0.25) is 14.2 Å². The standard InChI is InChI=1S/C21H14Cl2FN3O2S2/c1-11-6-14(24)2-3-17(11)27-20(29)19-16(4-5-30-19)26-21(27)31-10-18(28)25-15-8-12(22)7-13(23)9-15/h2-9H,10H2,1H3,(H,25,28). The fourth-order valence-corrected chi connectivity index (χ4v) is 5.12. The van der Waals surface area contributed by atoms with Gasteiger partial charge in [0.25, 0.3) is 5.56 Å². The maximum Gasteiger partial charge on any atom is 0.276 e. The summed E-state index contributed by atoms with van der Waals surface area (Å²) in [6.07, 6.45) is 0. The lowest BCUT2D eigenvalue weighted by molar-refractivity contribution is -0.113. The lowest BCUT2D eigenvalue weighted by Gasteiger charge is -2.14. The number of anilines is 1. The normalized spacial score (nSPS) is 11.1. The Balaban J connectivity index is 1.66. The minimum absolute atomic E-state index is 0.00748. The summed E-state index contributed by atoms with van der Waals surface area (Å²) in [4.78, 5) is 30.2. The third kappa shape index (κ3) is 4.77. The van der Waals surface area contributed by atoms with E-state index in [1.165, 1.54) is 34.1 Å². The first-order valence-corrected chi connectivity index (χ1v) is 11.6. The second-order valence-electron chi connectivity index (χ2n) is 6.60. The molecule has 0 radical (unpaired) electrons. The minimum Gasteiger partial charge on any atom is -0.325 e. The molecule has 31 heavy (non-hydrogen) atoms. The number of thioether (sulfide) groups is 1. The second-order valence-corrected chi connectivity index (χ2v) is 9.33. The van der Waals surface area contributed by atoms with E-state index in [0.29, 0.717) is 42.4 Å². The zero-order valence-corrected chi connectivity index (χ0v) is 19.1. The maximum atomic E-state index is 13.6. The Labute approximate surface area is 194 Å². The van der Waals surface area contributed by atoms with Crippen LogP contribution in [0.3, 0.4) is 0 Å². The van der Waals surface area contributed by atoms with Gasteiger partial charge in [-0.15, -0.1) is 11.3 Å². The van der Waals surface area contributed by atoms with Gasteiger partial charge in [0.15, 0.2) is 5.16 Å². The van der Waals surface area contributed by atoms with Crippen LogP contribution in [0.2, 0.25) is 10.0 Å². The molecule has 2 aromatic carbocycles. The van der Waals surface area contributed by atoms with E-state index in [1.807, 2.05) is 0 Å². The summed E-state index contributed by atoms with van der Waals surface area (Å²) in [6.45, 7) is 1.72. The van der Waals surface area contributed by atoms with Crippen LogP contribution in [-0.2, 0) is 4.79 Å². The highest BCUT2D eigenvalue weighted by molar-refractivity contribution is 7.99. The highest BCUT2D eigenvalue weighted by Gasteiger charge is 2.17. The largest absolute Gasteiger partial charge is 0.325 e. The molecule has 2 heterocycles. The molecule has 0 saturated heterocycles. The van der Waals surface area contributed by atoms with Gasteiger partial charge in [-0.05, 0) is 60.3 Å². The minimum atomic E-state index is -0.395. The van der Waals surface area contributed by atoms with Crippen LogP contribution in [0, 0.1) is 12.7 Å². The van der Waals surface area contributed by atoms with Crippen LogP contribution in [0.5, 0.6) is 0 Å². The number of aromatic nitrogens is 2. The lowest BCUT2D eigenvalue weighted by Crippen LogP contribution is -2.23. The number of nitrogens with zero attached hydrogens (tertiary/aromatic N) is 2. The number of amides is 1. The number of nitrogens with one attached hydrogen (secondary N) is 1. The monoisotopic (exact) mass is 493 g/mol. The third-order valence-electron chi connectivity index (χ3n) is 4.33. The predicted octanol–water partition coefficient (Wildman–Crippen LogP) is 5.93. The summed E-state index contributed by atoms with van der Waals surface area (Å²) in [5, 5.41) is 5.65. The molecule has 2 aromatic heterocycles. The van der Waals surface area contributed by atoms with E-state index in [2.05, 4.69) is 10.3 Å². The topological polar surface area (TPSA) is 64.0 Å². The number of halogens is 3. The van der Waals surface area contributed by atoms with Crippen molar-refractivity contribution >= 4 is 68.1 Å². The van der Waals surface area contributed by atoms with Crippen molar-refractivity contribution in [2.75, 3.05) is 11.1 Å². The van der Waals surface area contributed by atoms with Gasteiger partial charge in [0.05, 0.1) is 17.0 Å². The van der Waals surface area contributed by atoms with Crippen LogP contribution in [0.15, 0.2) is 57.8 Å². The summed E-state index contributed by atoms with van der Waals surface area (Å²) in [6, 6.07) is 10.7. The molecular weight excluding hydrogens is 480 g/mol. The molecule has 0 unspecified atom stereocenters. The van der Waals surface area contributed by atoms with E-state index in [9.17, 15) is 14.0 Å². The van der Waals surface area contributed by atoms with Gasteiger partial charge < -0.3 is 5.32 Å². The summed E-state index contributed by atoms with van der Waals surface area (Å²) in [5.41, 5.74) is 1.85. The number of carbonyl (C=O) groups is 1. The van der Waals surface area contributed by atoms with Crippen LogP contribution in [0.1, 0.15) is 5.56 Å². The van der Waals surface area contributed by atoms with E-state index in [1.54, 1.807) is 36.6 Å². The van der Waals surface area contributed by atoms with Gasteiger partial charge in [-0.2, -0.15) is 0 Å². The lowest BCUT2D eigenvalue weighted by atomic mass is 10.2. The van der Waals surface area contributed by atoms with Crippen molar-refractivity contribution in [1.29, 1.82) is 0 Å². The molecule has 1 N–H and O–H groups in total. The summed E-state index contributed by atoms with van der Waals surface area (Å²) < 4.78 is 15.5. The highest BCUT2D eigenvalue weighted by Crippen LogP contribution is 2.26. The molecule has 4 aromatic rings. The third-order valence-corrected chi connectivity index (χ3v) is 6.59. The van der Waals surface area contributed by atoms with Gasteiger partial charge >= 0.3 is 0 Å². The predicted molar refractivity (Wildman–Crippen MR) is 126 cm³/mol. The number of hydrogen-bond acceptors (Lipinski definition) is 5. The molecule has 10 heteroatoms. The van der Waals surface area contributed by atoms with Crippen molar-refractivity contribution in [2.24, 2.45) is 0 Å². The van der Waals surface area contributed by atoms with Crippen LogP contribution in [0.4, 0.5) is 10.1 Å². The molecule has 4 rings (SSSR count). The maximum absolute atomic E-state index is 13.6. The molecule has 5 nitrogen and oxygen atoms in total. The number of aryl methyl sites for hydroxylation is 1. The fourth-order valence-electron chi connectivity index (χ4n) is 3.02. The van der Waals surface area contributed by atoms with E-state index in [-0.39, 0.29) is 17.2 Å². The summed E-state index contributed by atoms with van der Waals surface area (Å²) in [5.74, 6) is -0.717. The Hall–Kier alpha value is -2.39. The van der Waals surface area contributed by atoms with Gasteiger partial charge in [-0.25, -0.2) is 9.37 Å². The van der Waals surface area contributed by atoms with Crippen molar-refractivity contribution in [3.63, 3.8) is 0 Å². The van der Waals surface area contributed by atoms with E-state index in [4.69, 9.17) is 23.2 Å². The van der Waals surface area contributed by atoms with Crippen molar-refractivity contribution < 1.29 is 9.18 Å². The molecule has 1 amide bonds. The average Bonchev–Trinajstić information content (AvgIpc) is 3.15. The molecule has 0 spiro atoms. The van der Waals surface area contributed by atoms with Crippen molar-refractivity contribution in [3.05, 3.63) is 79.6 Å². The number of thiophene rings is 1. The zero-order valence-electron chi connectivity index (χ0n) is 16.0. The first-order valence-electron chi connectivity index (χ1n) is 8.97. The Morgan fingerprint density at radius 3 is 2.65 bits per heavy atom. The van der Waals surface area contributed by atoms with Gasteiger partial charge in [-0.1, -0.05) is 35.0 Å². The van der Waals surface area contributed by atoms with Crippen LogP contribution >= 0.6 is 46.3 Å². The number of fused-ring (bicyclic) bond motifs is 1. The van der Waals surface area contributed by atoms with Crippen LogP contribution in [-0.4, -0.2) is 21.2 Å². The number of benzene rings is 2. The molecule has 0 saturated carbocycles. The molecule has 0 aliphatic rings. The van der Waals surface area contributed by atoms with Crippen molar-refractivity contribution in [2.45, 2.75) is 12.1 Å². The smallest absolute Gasteiger partial charge is 0.276 e. The van der Waals surface area contributed by atoms with Crippen molar-refractivity contribution in [1.82, 2.24) is 9.55 Å². The summed E-state index contributed by atoms with van der Waals surface area (Å²) >= 11 is 14.3.